The molecular weight excluding hydrogens is 247 g/mol. The van der Waals surface area contributed by atoms with E-state index in [-0.39, 0.29) is 20.3 Å². The summed E-state index contributed by atoms with van der Waals surface area (Å²) in [5.41, 5.74) is 1.50. The summed E-state index contributed by atoms with van der Waals surface area (Å²) in [5.74, 6) is 0. The van der Waals surface area contributed by atoms with Gasteiger partial charge in [0.25, 0.3) is 0 Å². The van der Waals surface area contributed by atoms with Crippen LogP contribution in [0, 0.1) is 0 Å². The van der Waals surface area contributed by atoms with Gasteiger partial charge in [-0.3, -0.25) is 0 Å². The zero-order valence-electron chi connectivity index (χ0n) is 14.2. The first-order valence-corrected chi connectivity index (χ1v) is 7.79. The van der Waals surface area contributed by atoms with Gasteiger partial charge in [0.2, 0.25) is 0 Å². The van der Waals surface area contributed by atoms with Crippen molar-refractivity contribution in [3.63, 3.8) is 0 Å². The zero-order valence-corrected chi connectivity index (χ0v) is 13.2. The number of hydrogen-bond acceptors (Lipinski definition) is 0. The van der Waals surface area contributed by atoms with Crippen LogP contribution in [0.2, 0.25) is 0 Å². The van der Waals surface area contributed by atoms with E-state index in [1.54, 1.807) is 0 Å². The van der Waals surface area contributed by atoms with E-state index < -0.39 is 0 Å². The van der Waals surface area contributed by atoms with E-state index in [2.05, 4.69) is 61.5 Å². The summed E-state index contributed by atoms with van der Waals surface area (Å²) in [6.45, 7) is 2.27. The molecule has 0 spiro atoms. The van der Waals surface area contributed by atoms with Gasteiger partial charge in [-0.1, -0.05) is 68.7 Å². The molecule has 0 aliphatic carbocycles. The monoisotopic (exact) mass is 270 g/mol. The maximum absolute atomic E-state index is 2.36. The Balaban J connectivity index is 0.00000121. The van der Waals surface area contributed by atoms with Crippen LogP contribution >= 0.6 is 0 Å². The molecule has 3 aromatic carbocycles. The van der Waals surface area contributed by atoms with Crippen LogP contribution in [0.3, 0.4) is 0 Å². The number of hydrogen-bond donors (Lipinski definition) is 0. The Bertz CT molecular complexity index is 721. The predicted molar refractivity (Wildman–Crippen MR) is 90.4 cm³/mol. The Hall–Kier alpha value is -1.22. The minimum atomic E-state index is 0. The molecule has 0 aromatic heterocycles. The normalized spacial score (nSPS) is 10.7. The summed E-state index contributed by atoms with van der Waals surface area (Å²) in [6, 6.07) is 20.1. The van der Waals surface area contributed by atoms with Crippen LogP contribution in [0.25, 0.3) is 21.5 Å². The van der Waals surface area contributed by atoms with Gasteiger partial charge in [-0.05, 0) is 52.1 Å². The molecule has 0 amide bonds. The first kappa shape index (κ1) is 16.2. The molecule has 104 valence electrons. The summed E-state index contributed by atoms with van der Waals surface area (Å²) < 4.78 is 0. The number of rotatable bonds is 5. The average molecular weight is 270 g/mol. The van der Waals surface area contributed by atoms with E-state index in [1.807, 2.05) is 0 Å². The van der Waals surface area contributed by atoms with Crippen LogP contribution < -0.4 is 18.9 Å². The van der Waals surface area contributed by atoms with Gasteiger partial charge >= 0.3 is 18.9 Å². The Morgan fingerprint density at radius 3 is 2.24 bits per heavy atom. The van der Waals surface area contributed by atoms with Gasteiger partial charge in [-0.25, -0.2) is 0 Å². The van der Waals surface area contributed by atoms with Gasteiger partial charge in [0.1, 0.15) is 0 Å². The fourth-order valence-corrected chi connectivity index (χ4v) is 2.99. The second-order valence-electron chi connectivity index (χ2n) is 5.65. The number of fused-ring (bicyclic) bond motifs is 2. The molecule has 3 aromatic rings. The first-order valence-electron chi connectivity index (χ1n) is 7.79. The van der Waals surface area contributed by atoms with Crippen molar-refractivity contribution in [1.29, 1.82) is 0 Å². The molecule has 0 N–H and O–H groups in total. The van der Waals surface area contributed by atoms with Crippen molar-refractivity contribution in [3.05, 3.63) is 60.2 Å². The van der Waals surface area contributed by atoms with Gasteiger partial charge in [0.05, 0.1) is 0 Å². The summed E-state index contributed by atoms with van der Waals surface area (Å²) in [7, 11) is 0. The smallest absolute Gasteiger partial charge is 1.00 e. The summed E-state index contributed by atoms with van der Waals surface area (Å²) in [5, 5.41) is 5.49. The van der Waals surface area contributed by atoms with Crippen molar-refractivity contribution >= 4 is 21.5 Å². The van der Waals surface area contributed by atoms with Crippen molar-refractivity contribution in [3.8, 4) is 0 Å². The van der Waals surface area contributed by atoms with Crippen LogP contribution in [0.15, 0.2) is 54.6 Å². The van der Waals surface area contributed by atoms with Crippen molar-refractivity contribution in [2.75, 3.05) is 0 Å². The van der Waals surface area contributed by atoms with E-state index in [0.29, 0.717) is 0 Å². The van der Waals surface area contributed by atoms with Crippen molar-refractivity contribution in [2.45, 2.75) is 39.0 Å². The molecule has 0 saturated heterocycles. The molecule has 1 heteroatoms. The fraction of sp³-hybridized carbons (Fsp3) is 0.300. The molecule has 3 rings (SSSR count). The maximum Gasteiger partial charge on any atom is 1.00 e. The Morgan fingerprint density at radius 2 is 1.48 bits per heavy atom. The second-order valence-corrected chi connectivity index (χ2v) is 5.65. The molecule has 0 radical (unpaired) electrons. The molecule has 21 heavy (non-hydrogen) atoms. The van der Waals surface area contributed by atoms with Crippen molar-refractivity contribution in [1.82, 2.24) is 0 Å². The van der Waals surface area contributed by atoms with Crippen LogP contribution in [-0.2, 0) is 6.42 Å². The van der Waals surface area contributed by atoms with Crippen LogP contribution in [0.5, 0.6) is 0 Å². The molecule has 0 bridgehead atoms. The second kappa shape index (κ2) is 7.69. The number of benzene rings is 3. The third-order valence-corrected chi connectivity index (χ3v) is 4.14. The number of aryl methyl sites for hydroxylation is 1. The summed E-state index contributed by atoms with van der Waals surface area (Å²) in [6.07, 6.45) is 6.52. The molecule has 0 unspecified atom stereocenters. The van der Waals surface area contributed by atoms with Crippen LogP contribution in [-0.4, -0.2) is 0 Å². The minimum absolute atomic E-state index is 0. The van der Waals surface area contributed by atoms with Crippen LogP contribution in [0.1, 0.15) is 39.6 Å². The van der Waals surface area contributed by atoms with E-state index in [0.717, 1.165) is 0 Å². The third kappa shape index (κ3) is 3.70. The van der Waals surface area contributed by atoms with E-state index in [4.69, 9.17) is 0 Å². The zero-order chi connectivity index (χ0) is 13.8. The molecule has 0 aliphatic heterocycles. The average Bonchev–Trinajstić information content (AvgIpc) is 2.50. The fourth-order valence-electron chi connectivity index (χ4n) is 2.99. The van der Waals surface area contributed by atoms with Gasteiger partial charge < -0.3 is 1.43 Å². The van der Waals surface area contributed by atoms with Crippen molar-refractivity contribution in [2.24, 2.45) is 0 Å². The Morgan fingerprint density at radius 1 is 0.762 bits per heavy atom. The van der Waals surface area contributed by atoms with Gasteiger partial charge in [-0.15, -0.1) is 0 Å². The van der Waals surface area contributed by atoms with Gasteiger partial charge in [-0.2, -0.15) is 0 Å². The van der Waals surface area contributed by atoms with Gasteiger partial charge in [0.15, 0.2) is 0 Å². The SMILES string of the molecule is CCCCCCc1cccc2cc3ccccc3cc12.[H-].[Li+]. The molecule has 0 aliphatic rings. The van der Waals surface area contributed by atoms with E-state index in [9.17, 15) is 0 Å². The summed E-state index contributed by atoms with van der Waals surface area (Å²) >= 11 is 0. The van der Waals surface area contributed by atoms with Gasteiger partial charge in [0, 0.05) is 0 Å². The maximum atomic E-state index is 2.36. The summed E-state index contributed by atoms with van der Waals surface area (Å²) in [4.78, 5) is 0. The molecule has 0 heterocycles. The minimum Gasteiger partial charge on any atom is -1.00 e. The Kier molecular flexibility index (Phi) is 5.92. The molecule has 0 fully saturated rings. The predicted octanol–water partition coefficient (Wildman–Crippen LogP) is 3.23. The first-order chi connectivity index (χ1) is 9.88. The molecule has 0 atom stereocenters. The van der Waals surface area contributed by atoms with E-state index in [1.165, 1.54) is 59.2 Å². The third-order valence-electron chi connectivity index (χ3n) is 4.14. The topological polar surface area (TPSA) is 0 Å². The molecular formula is C20H23Li. The number of unbranched alkanes of at least 4 members (excludes halogenated alkanes) is 3. The molecule has 0 nitrogen and oxygen atoms in total. The largest absolute Gasteiger partial charge is 1.00 e. The quantitative estimate of drug-likeness (QED) is 0.379. The molecule has 0 saturated carbocycles. The van der Waals surface area contributed by atoms with E-state index >= 15 is 0 Å². The Labute approximate surface area is 141 Å². The van der Waals surface area contributed by atoms with Crippen LogP contribution in [0.4, 0.5) is 0 Å². The standard InChI is InChI=1S/C20H22.Li.H/c1-2-3-4-5-9-16-12-8-13-19-14-17-10-6-7-11-18(17)15-20(16)19;;/h6-8,10-15H,2-5,9H2,1H3;;/q;+1;-1. The van der Waals surface area contributed by atoms with Crippen molar-refractivity contribution < 1.29 is 20.3 Å².